The van der Waals surface area contributed by atoms with E-state index in [0.717, 1.165) is 5.56 Å². The number of carboxylic acids is 1. The molecule has 7 heteroatoms. The number of rotatable bonds is 4. The maximum absolute atomic E-state index is 12.0. The van der Waals surface area contributed by atoms with Crippen molar-refractivity contribution in [3.63, 3.8) is 0 Å². The van der Waals surface area contributed by atoms with Crippen molar-refractivity contribution in [2.45, 2.75) is 13.0 Å². The summed E-state index contributed by atoms with van der Waals surface area (Å²) in [5, 5.41) is 9.46. The monoisotopic (exact) mass is 320 g/mol. The van der Waals surface area contributed by atoms with Crippen LogP contribution in [0.2, 0.25) is 0 Å². The third-order valence-corrected chi connectivity index (χ3v) is 4.18. The maximum atomic E-state index is 12.0. The Labute approximate surface area is 132 Å². The number of ether oxygens (including phenoxy) is 1. The summed E-state index contributed by atoms with van der Waals surface area (Å²) in [7, 11) is 3.33. The molecule has 0 radical (unpaired) electrons. The number of hydrogen-bond donors (Lipinski definition) is 1. The van der Waals surface area contributed by atoms with Gasteiger partial charge in [-0.3, -0.25) is 14.7 Å². The zero-order valence-electron chi connectivity index (χ0n) is 12.4. The Kier molecular flexibility index (Phi) is 4.87. The molecule has 1 amide bonds. The van der Waals surface area contributed by atoms with Crippen molar-refractivity contribution in [1.82, 2.24) is 4.90 Å². The number of benzene rings is 1. The predicted molar refractivity (Wildman–Crippen MR) is 85.9 cm³/mol. The molecule has 1 aliphatic rings. The van der Waals surface area contributed by atoms with Gasteiger partial charge < -0.3 is 9.84 Å². The van der Waals surface area contributed by atoms with Crippen LogP contribution in [-0.4, -0.2) is 47.2 Å². The van der Waals surface area contributed by atoms with E-state index in [-0.39, 0.29) is 5.91 Å². The number of carbonyl (C=O) groups is 2. The van der Waals surface area contributed by atoms with Gasteiger partial charge in [-0.1, -0.05) is 12.1 Å². The first-order valence-electron chi connectivity index (χ1n) is 6.56. The Hall–Kier alpha value is -2.28. The molecule has 0 aromatic heterocycles. The molecule has 1 unspecified atom stereocenters. The summed E-state index contributed by atoms with van der Waals surface area (Å²) in [5.74, 6) is -0.644. The highest BCUT2D eigenvalue weighted by Gasteiger charge is 2.29. The molecule has 0 spiro atoms. The molecule has 0 saturated carbocycles. The third-order valence-electron chi connectivity index (χ3n) is 3.03. The van der Waals surface area contributed by atoms with Gasteiger partial charge in [0, 0.05) is 14.1 Å². The van der Waals surface area contributed by atoms with Gasteiger partial charge in [0.1, 0.15) is 5.75 Å². The molecule has 116 valence electrons. The Morgan fingerprint density at radius 1 is 1.41 bits per heavy atom. The van der Waals surface area contributed by atoms with E-state index in [9.17, 15) is 9.59 Å². The van der Waals surface area contributed by atoms with Crippen molar-refractivity contribution >= 4 is 34.9 Å². The number of amides is 1. The number of hydrogen-bond acceptors (Lipinski definition) is 5. The largest absolute Gasteiger partial charge is 0.479 e. The van der Waals surface area contributed by atoms with Crippen molar-refractivity contribution in [2.75, 3.05) is 14.1 Å². The maximum Gasteiger partial charge on any atom is 0.344 e. The van der Waals surface area contributed by atoms with Gasteiger partial charge in [-0.05, 0) is 42.5 Å². The number of carboxylic acid groups (broad SMARTS) is 1. The van der Waals surface area contributed by atoms with E-state index >= 15 is 0 Å². The van der Waals surface area contributed by atoms with E-state index in [0.29, 0.717) is 15.8 Å². The average Bonchev–Trinajstić information content (AvgIpc) is 2.77. The number of likely N-dealkylation sites (N-methyl/N-ethyl adjacent to an activating group) is 1. The van der Waals surface area contributed by atoms with Crippen LogP contribution in [0.25, 0.3) is 6.08 Å². The van der Waals surface area contributed by atoms with E-state index < -0.39 is 12.1 Å². The number of aliphatic imine (C=N–C) groups is 1. The number of thioether (sulfide) groups is 1. The molecule has 0 bridgehead atoms. The van der Waals surface area contributed by atoms with Gasteiger partial charge in [-0.25, -0.2) is 4.79 Å². The van der Waals surface area contributed by atoms with Crippen LogP contribution in [0.5, 0.6) is 5.75 Å². The third kappa shape index (κ3) is 3.48. The first-order valence-corrected chi connectivity index (χ1v) is 7.38. The van der Waals surface area contributed by atoms with Crippen LogP contribution in [0, 0.1) is 0 Å². The van der Waals surface area contributed by atoms with Crippen molar-refractivity contribution < 1.29 is 19.4 Å². The lowest BCUT2D eigenvalue weighted by Crippen LogP contribution is -2.23. The zero-order valence-corrected chi connectivity index (χ0v) is 13.3. The lowest BCUT2D eigenvalue weighted by molar-refractivity contribution is -0.144. The highest BCUT2D eigenvalue weighted by atomic mass is 32.2. The SMILES string of the molecule is CN=C1SC(=Cc2ccc(OC(C)C(=O)O)cc2)C(=O)N1C. The molecule has 2 rings (SSSR count). The fraction of sp³-hybridized carbons (Fsp3) is 0.267. The molecular formula is C15H16N2O4S. The minimum absolute atomic E-state index is 0.0922. The quantitative estimate of drug-likeness (QED) is 0.859. The van der Waals surface area contributed by atoms with Crippen molar-refractivity contribution in [1.29, 1.82) is 0 Å². The lowest BCUT2D eigenvalue weighted by atomic mass is 10.2. The van der Waals surface area contributed by atoms with Gasteiger partial charge in [0.15, 0.2) is 11.3 Å². The van der Waals surface area contributed by atoms with Crippen LogP contribution >= 0.6 is 11.8 Å². The lowest BCUT2D eigenvalue weighted by Gasteiger charge is -2.10. The molecule has 0 aliphatic carbocycles. The number of aliphatic carboxylic acids is 1. The Morgan fingerprint density at radius 2 is 2.05 bits per heavy atom. The minimum Gasteiger partial charge on any atom is -0.479 e. The summed E-state index contributed by atoms with van der Waals surface area (Å²) in [6.07, 6.45) is 0.861. The number of amidine groups is 1. The van der Waals surface area contributed by atoms with Crippen LogP contribution in [0.15, 0.2) is 34.2 Å². The molecule has 1 aromatic carbocycles. The minimum atomic E-state index is -1.02. The summed E-state index contributed by atoms with van der Waals surface area (Å²) >= 11 is 1.32. The molecule has 22 heavy (non-hydrogen) atoms. The van der Waals surface area contributed by atoms with Gasteiger partial charge >= 0.3 is 5.97 Å². The Balaban J connectivity index is 2.13. The van der Waals surface area contributed by atoms with Crippen molar-refractivity contribution in [3.8, 4) is 5.75 Å². The smallest absolute Gasteiger partial charge is 0.344 e. The van der Waals surface area contributed by atoms with E-state index in [1.807, 2.05) is 0 Å². The summed E-state index contributed by atoms with van der Waals surface area (Å²) in [6.45, 7) is 1.47. The van der Waals surface area contributed by atoms with Crippen LogP contribution in [0.3, 0.4) is 0 Å². The van der Waals surface area contributed by atoms with Crippen LogP contribution in [-0.2, 0) is 9.59 Å². The van der Waals surface area contributed by atoms with Crippen LogP contribution < -0.4 is 4.74 Å². The predicted octanol–water partition coefficient (Wildman–Crippen LogP) is 2.07. The average molecular weight is 320 g/mol. The molecule has 1 N–H and O–H groups in total. The van der Waals surface area contributed by atoms with E-state index in [2.05, 4.69) is 4.99 Å². The van der Waals surface area contributed by atoms with Crippen LogP contribution in [0.4, 0.5) is 0 Å². The zero-order chi connectivity index (χ0) is 16.3. The summed E-state index contributed by atoms with van der Waals surface area (Å²) in [5.41, 5.74) is 0.830. The van der Waals surface area contributed by atoms with Gasteiger partial charge in [0.25, 0.3) is 5.91 Å². The molecule has 1 fully saturated rings. The second-order valence-corrected chi connectivity index (χ2v) is 5.66. The molecular weight excluding hydrogens is 304 g/mol. The van der Waals surface area contributed by atoms with Gasteiger partial charge in [-0.15, -0.1) is 0 Å². The van der Waals surface area contributed by atoms with E-state index in [1.54, 1.807) is 44.4 Å². The summed E-state index contributed by atoms with van der Waals surface area (Å²) in [6, 6.07) is 6.89. The highest BCUT2D eigenvalue weighted by Crippen LogP contribution is 2.31. The topological polar surface area (TPSA) is 79.2 Å². The second-order valence-electron chi connectivity index (χ2n) is 4.65. The fourth-order valence-corrected chi connectivity index (χ4v) is 2.73. The highest BCUT2D eigenvalue weighted by molar-refractivity contribution is 8.18. The number of nitrogens with zero attached hydrogens (tertiary/aromatic N) is 2. The van der Waals surface area contributed by atoms with Crippen LogP contribution in [0.1, 0.15) is 12.5 Å². The number of carbonyl (C=O) groups excluding carboxylic acids is 1. The standard InChI is InChI=1S/C15H16N2O4S/c1-9(14(19)20)21-11-6-4-10(5-7-11)8-12-13(18)17(3)15(16-2)22-12/h4-9H,1-3H3,(H,19,20). The Morgan fingerprint density at radius 3 is 2.55 bits per heavy atom. The Bertz CT molecular complexity index is 652. The molecule has 1 saturated heterocycles. The summed E-state index contributed by atoms with van der Waals surface area (Å²) in [4.78, 5) is 28.9. The van der Waals surface area contributed by atoms with E-state index in [1.165, 1.54) is 23.6 Å². The first kappa shape index (κ1) is 16.1. The first-order chi connectivity index (χ1) is 10.4. The molecule has 1 heterocycles. The molecule has 1 aromatic rings. The van der Waals surface area contributed by atoms with Gasteiger partial charge in [0.2, 0.25) is 0 Å². The normalized spacial score (nSPS) is 19.8. The summed E-state index contributed by atoms with van der Waals surface area (Å²) < 4.78 is 5.25. The molecule has 6 nitrogen and oxygen atoms in total. The van der Waals surface area contributed by atoms with Crippen molar-refractivity contribution in [3.05, 3.63) is 34.7 Å². The second kappa shape index (κ2) is 6.65. The molecule has 1 aliphatic heterocycles. The van der Waals surface area contributed by atoms with Gasteiger partial charge in [0.05, 0.1) is 4.91 Å². The fourth-order valence-electron chi connectivity index (χ4n) is 1.80. The van der Waals surface area contributed by atoms with Gasteiger partial charge in [-0.2, -0.15) is 0 Å². The molecule has 1 atom stereocenters. The van der Waals surface area contributed by atoms with Crippen molar-refractivity contribution in [2.24, 2.45) is 4.99 Å². The van der Waals surface area contributed by atoms with E-state index in [4.69, 9.17) is 9.84 Å².